The summed E-state index contributed by atoms with van der Waals surface area (Å²) in [5, 5.41) is 0. The summed E-state index contributed by atoms with van der Waals surface area (Å²) in [6, 6.07) is 0. The lowest BCUT2D eigenvalue weighted by Gasteiger charge is -1.56. The van der Waals surface area contributed by atoms with Crippen molar-refractivity contribution in [2.24, 2.45) is 0 Å². The molecule has 0 nitrogen and oxygen atoms in total. The molecule has 0 aliphatic rings. The van der Waals surface area contributed by atoms with Gasteiger partial charge in [0.25, 0.3) is 0 Å². The topological polar surface area (TPSA) is 0 Å². The maximum atomic E-state index is 4.48. The van der Waals surface area contributed by atoms with Crippen molar-refractivity contribution < 1.29 is 0 Å². The van der Waals surface area contributed by atoms with E-state index in [-0.39, 0.29) is 0 Å². The van der Waals surface area contributed by atoms with Crippen LogP contribution in [0.1, 0.15) is 6.92 Å². The zero-order valence-electron chi connectivity index (χ0n) is 3.12. The van der Waals surface area contributed by atoms with Crippen molar-refractivity contribution in [1.29, 1.82) is 0 Å². The van der Waals surface area contributed by atoms with Gasteiger partial charge in [-0.05, 0) is 6.92 Å². The van der Waals surface area contributed by atoms with Crippen LogP contribution in [0.25, 0.3) is 0 Å². The van der Waals surface area contributed by atoms with Gasteiger partial charge in [-0.15, -0.1) is 5.92 Å². The minimum atomic E-state index is 0.566. The van der Waals surface area contributed by atoms with E-state index in [1.165, 1.54) is 0 Å². The summed E-state index contributed by atoms with van der Waals surface area (Å²) < 4.78 is 0. The molecule has 0 aromatic carbocycles. The van der Waals surface area contributed by atoms with Gasteiger partial charge in [0.05, 0.1) is 5.75 Å². The predicted molar refractivity (Wildman–Crippen MR) is 25.9 cm³/mol. The molecular formula is C4H5S. The molecule has 0 fully saturated rings. The molecule has 0 aromatic rings. The molecule has 0 N–H and O–H groups in total. The lowest BCUT2D eigenvalue weighted by Crippen LogP contribution is -1.52. The highest BCUT2D eigenvalue weighted by Gasteiger charge is 1.50. The van der Waals surface area contributed by atoms with E-state index in [4.69, 9.17) is 0 Å². The summed E-state index contributed by atoms with van der Waals surface area (Å²) >= 11 is 4.48. The first-order chi connectivity index (χ1) is 2.41. The van der Waals surface area contributed by atoms with Crippen LogP contribution in [-0.2, 0) is 0 Å². The maximum Gasteiger partial charge on any atom is 0.0651 e. The first kappa shape index (κ1) is 4.91. The second-order valence-corrected chi connectivity index (χ2v) is 0.860. The van der Waals surface area contributed by atoms with Crippen molar-refractivity contribution in [3.63, 3.8) is 0 Å². The second-order valence-electron chi connectivity index (χ2n) is 0.571. The van der Waals surface area contributed by atoms with Crippen LogP contribution in [0.5, 0.6) is 0 Å². The average molecular weight is 85.2 g/mol. The second kappa shape index (κ2) is 3.91. The van der Waals surface area contributed by atoms with Crippen molar-refractivity contribution in [2.75, 3.05) is 5.75 Å². The van der Waals surface area contributed by atoms with Gasteiger partial charge in [0, 0.05) is 0 Å². The molecule has 0 amide bonds. The van der Waals surface area contributed by atoms with Gasteiger partial charge in [-0.1, -0.05) is 18.5 Å². The lowest BCUT2D eigenvalue weighted by molar-refractivity contribution is 1.85. The van der Waals surface area contributed by atoms with Crippen LogP contribution in [-0.4, -0.2) is 5.75 Å². The van der Waals surface area contributed by atoms with Gasteiger partial charge in [0.2, 0.25) is 0 Å². The minimum absolute atomic E-state index is 0.566. The van der Waals surface area contributed by atoms with Crippen LogP contribution in [0.2, 0.25) is 0 Å². The van der Waals surface area contributed by atoms with E-state index < -0.39 is 0 Å². The highest BCUT2D eigenvalue weighted by Crippen LogP contribution is 1.62. The van der Waals surface area contributed by atoms with Gasteiger partial charge in [-0.25, -0.2) is 0 Å². The molecule has 0 aliphatic carbocycles. The van der Waals surface area contributed by atoms with Crippen molar-refractivity contribution in [3.05, 3.63) is 0 Å². The molecule has 0 saturated carbocycles. The highest BCUT2D eigenvalue weighted by atomic mass is 32.1. The fourth-order valence-corrected chi connectivity index (χ4v) is 0.217. The molecule has 0 bridgehead atoms. The first-order valence-corrected chi connectivity index (χ1v) is 1.97. The monoisotopic (exact) mass is 85.0 g/mol. The Morgan fingerprint density at radius 3 is 2.40 bits per heavy atom. The normalized spacial score (nSPS) is 5.20. The molecule has 1 radical (unpaired) electrons. The van der Waals surface area contributed by atoms with Gasteiger partial charge in [-0.3, -0.25) is 0 Å². The average Bonchev–Trinajstić information content (AvgIpc) is 1.41. The molecule has 0 spiro atoms. The molecule has 5 heavy (non-hydrogen) atoms. The molecule has 0 unspecified atom stereocenters. The third-order valence-corrected chi connectivity index (χ3v) is 0.393. The molecular weight excluding hydrogens is 80.1 g/mol. The Kier molecular flexibility index (Phi) is 3.84. The summed E-state index contributed by atoms with van der Waals surface area (Å²) in [7, 11) is 0. The van der Waals surface area contributed by atoms with Crippen LogP contribution in [0.15, 0.2) is 0 Å². The SMILES string of the molecule is CC#CC[S]. The van der Waals surface area contributed by atoms with Crippen molar-refractivity contribution >= 4 is 12.6 Å². The van der Waals surface area contributed by atoms with Crippen molar-refractivity contribution in [1.82, 2.24) is 0 Å². The summed E-state index contributed by atoms with van der Waals surface area (Å²) in [6.45, 7) is 1.78. The third kappa shape index (κ3) is 3.91. The van der Waals surface area contributed by atoms with Gasteiger partial charge < -0.3 is 0 Å². The Morgan fingerprint density at radius 1 is 1.80 bits per heavy atom. The van der Waals surface area contributed by atoms with Crippen molar-refractivity contribution in [2.45, 2.75) is 6.92 Å². The standard InChI is InChI=1S/C4H5S/c1-2-3-4-5/h4H2,1H3. The van der Waals surface area contributed by atoms with E-state index in [1.54, 1.807) is 6.92 Å². The van der Waals surface area contributed by atoms with Gasteiger partial charge in [-0.2, -0.15) is 0 Å². The Balaban J connectivity index is 2.81. The quantitative estimate of drug-likeness (QED) is 0.388. The minimum Gasteiger partial charge on any atom is -0.106 e. The Labute approximate surface area is 38.0 Å². The summed E-state index contributed by atoms with van der Waals surface area (Å²) in [5.41, 5.74) is 0. The molecule has 1 heteroatoms. The molecule has 0 rings (SSSR count). The van der Waals surface area contributed by atoms with E-state index in [0.29, 0.717) is 5.75 Å². The summed E-state index contributed by atoms with van der Waals surface area (Å²) in [4.78, 5) is 0. The zero-order valence-corrected chi connectivity index (χ0v) is 3.93. The number of rotatable bonds is 0. The molecule has 0 aliphatic heterocycles. The molecule has 0 aromatic heterocycles. The fourth-order valence-electron chi connectivity index (χ4n) is 0.0722. The van der Waals surface area contributed by atoms with Crippen LogP contribution in [0, 0.1) is 11.8 Å². The predicted octanol–water partition coefficient (Wildman–Crippen LogP) is 1.21. The Morgan fingerprint density at radius 2 is 2.40 bits per heavy atom. The number of hydrogen-bond acceptors (Lipinski definition) is 0. The highest BCUT2D eigenvalue weighted by molar-refractivity contribution is 7.80. The van der Waals surface area contributed by atoms with Gasteiger partial charge in [0.1, 0.15) is 0 Å². The van der Waals surface area contributed by atoms with Crippen LogP contribution in [0.3, 0.4) is 0 Å². The lowest BCUT2D eigenvalue weighted by atomic mass is 10.7. The van der Waals surface area contributed by atoms with Crippen LogP contribution >= 0.6 is 12.6 Å². The first-order valence-electron chi connectivity index (χ1n) is 1.39. The molecule has 0 heterocycles. The smallest absolute Gasteiger partial charge is 0.0651 e. The van der Waals surface area contributed by atoms with E-state index in [2.05, 4.69) is 24.5 Å². The maximum absolute atomic E-state index is 4.48. The molecule has 0 atom stereocenters. The van der Waals surface area contributed by atoms with Gasteiger partial charge in [0.15, 0.2) is 0 Å². The zero-order chi connectivity index (χ0) is 4.12. The van der Waals surface area contributed by atoms with E-state index in [9.17, 15) is 0 Å². The van der Waals surface area contributed by atoms with E-state index >= 15 is 0 Å². The van der Waals surface area contributed by atoms with Crippen LogP contribution in [0.4, 0.5) is 0 Å². The molecule has 27 valence electrons. The Bertz CT molecular complexity index is 55.8. The van der Waals surface area contributed by atoms with Gasteiger partial charge >= 0.3 is 0 Å². The Hall–Kier alpha value is -0.0900. The van der Waals surface area contributed by atoms with E-state index in [1.807, 2.05) is 0 Å². The number of hydrogen-bond donors (Lipinski definition) is 0. The summed E-state index contributed by atoms with van der Waals surface area (Å²) in [6.07, 6.45) is 0. The fraction of sp³-hybridized carbons (Fsp3) is 0.500. The van der Waals surface area contributed by atoms with Crippen molar-refractivity contribution in [3.8, 4) is 11.8 Å². The largest absolute Gasteiger partial charge is 0.106 e. The van der Waals surface area contributed by atoms with Crippen LogP contribution < -0.4 is 0 Å². The summed E-state index contributed by atoms with van der Waals surface area (Å²) in [5.74, 6) is 5.91. The molecule has 0 saturated heterocycles. The third-order valence-electron chi connectivity index (χ3n) is 0.249. The van der Waals surface area contributed by atoms with E-state index in [0.717, 1.165) is 0 Å².